The van der Waals surface area contributed by atoms with Crippen LogP contribution in [0.3, 0.4) is 0 Å². The predicted octanol–water partition coefficient (Wildman–Crippen LogP) is 3.90. The lowest BCUT2D eigenvalue weighted by molar-refractivity contribution is -0.121. The molecule has 2 aromatic rings. The van der Waals surface area contributed by atoms with E-state index in [9.17, 15) is 13.2 Å². The molecule has 168 valence electrons. The molecule has 1 aliphatic heterocycles. The molecule has 0 aromatic heterocycles. The first-order valence-electron chi connectivity index (χ1n) is 10.6. The maximum absolute atomic E-state index is 12.7. The lowest BCUT2D eigenvalue weighted by Crippen LogP contribution is -2.39. The van der Waals surface area contributed by atoms with E-state index in [1.54, 1.807) is 36.0 Å². The number of thioether (sulfide) groups is 1. The minimum Gasteiger partial charge on any atom is -0.372 e. The van der Waals surface area contributed by atoms with Crippen LogP contribution in [0, 0.1) is 0 Å². The molecule has 0 aliphatic carbocycles. The van der Waals surface area contributed by atoms with Crippen molar-refractivity contribution in [2.45, 2.75) is 42.0 Å². The van der Waals surface area contributed by atoms with Crippen molar-refractivity contribution < 1.29 is 13.2 Å². The van der Waals surface area contributed by atoms with E-state index in [1.165, 1.54) is 32.0 Å². The number of carbonyl (C=O) groups excluding carboxylic acids is 1. The lowest BCUT2D eigenvalue weighted by atomic mass is 10.1. The molecule has 1 N–H and O–H groups in total. The lowest BCUT2D eigenvalue weighted by Gasteiger charge is -2.29. The molecule has 1 atom stereocenters. The van der Waals surface area contributed by atoms with Crippen molar-refractivity contribution in [3.8, 4) is 0 Å². The number of anilines is 1. The monoisotopic (exact) mass is 461 g/mol. The van der Waals surface area contributed by atoms with E-state index in [4.69, 9.17) is 0 Å². The number of likely N-dealkylation sites (N-methyl/N-ethyl adjacent to an activating group) is 1. The summed E-state index contributed by atoms with van der Waals surface area (Å²) in [4.78, 5) is 16.1. The maximum atomic E-state index is 12.7. The van der Waals surface area contributed by atoms with Gasteiger partial charge in [0.25, 0.3) is 0 Å². The van der Waals surface area contributed by atoms with Gasteiger partial charge in [-0.2, -0.15) is 4.31 Å². The Kier molecular flexibility index (Phi) is 8.02. The highest BCUT2D eigenvalue weighted by Crippen LogP contribution is 2.23. The summed E-state index contributed by atoms with van der Waals surface area (Å²) in [7, 11) is -2.29. The van der Waals surface area contributed by atoms with E-state index in [-0.39, 0.29) is 23.4 Å². The molecule has 1 saturated heterocycles. The van der Waals surface area contributed by atoms with Crippen LogP contribution in [0.4, 0.5) is 5.69 Å². The van der Waals surface area contributed by atoms with Crippen LogP contribution in [0.5, 0.6) is 0 Å². The second kappa shape index (κ2) is 10.5. The van der Waals surface area contributed by atoms with Crippen LogP contribution in [0.15, 0.2) is 58.3 Å². The third-order valence-corrected chi connectivity index (χ3v) is 8.19. The van der Waals surface area contributed by atoms with Crippen molar-refractivity contribution in [1.82, 2.24) is 9.62 Å². The number of carbonyl (C=O) groups is 1. The van der Waals surface area contributed by atoms with Gasteiger partial charge in [-0.15, -0.1) is 11.8 Å². The molecule has 0 unspecified atom stereocenters. The fourth-order valence-corrected chi connectivity index (χ4v) is 5.25. The number of nitrogens with one attached hydrogen (secondary N) is 1. The minimum absolute atomic E-state index is 0.182. The standard InChI is InChI=1S/C23H31N3O3S2/c1-18(19-7-9-20(10-8-19)26-15-5-4-6-16-26)24-23(27)17-25(2)31(28,29)22-13-11-21(30-3)12-14-22/h7-14,18H,4-6,15-17H2,1-3H3,(H,24,27)/t18-/m0/s1. The summed E-state index contributed by atoms with van der Waals surface area (Å²) < 4.78 is 26.6. The Morgan fingerprint density at radius 1 is 1.06 bits per heavy atom. The summed E-state index contributed by atoms with van der Waals surface area (Å²) >= 11 is 1.55. The van der Waals surface area contributed by atoms with Crippen molar-refractivity contribution >= 4 is 33.4 Å². The molecule has 0 saturated carbocycles. The van der Waals surface area contributed by atoms with Gasteiger partial charge in [0.15, 0.2) is 0 Å². The average molecular weight is 462 g/mol. The highest BCUT2D eigenvalue weighted by atomic mass is 32.2. The molecule has 3 rings (SSSR count). The highest BCUT2D eigenvalue weighted by molar-refractivity contribution is 7.98. The van der Waals surface area contributed by atoms with Crippen LogP contribution in [-0.2, 0) is 14.8 Å². The Bertz CT molecular complexity index is 970. The SMILES string of the molecule is CSc1ccc(S(=O)(=O)N(C)CC(=O)N[C@@H](C)c2ccc(N3CCCCC3)cc2)cc1. The molecule has 1 heterocycles. The van der Waals surface area contributed by atoms with Crippen LogP contribution in [0.25, 0.3) is 0 Å². The van der Waals surface area contributed by atoms with Gasteiger partial charge >= 0.3 is 0 Å². The molecule has 31 heavy (non-hydrogen) atoms. The molecular weight excluding hydrogens is 430 g/mol. The Morgan fingerprint density at radius 3 is 2.26 bits per heavy atom. The van der Waals surface area contributed by atoms with Gasteiger partial charge in [0.1, 0.15) is 0 Å². The molecule has 1 fully saturated rings. The summed E-state index contributed by atoms with van der Waals surface area (Å²) in [5.41, 5.74) is 2.20. The number of sulfonamides is 1. The number of hydrogen-bond acceptors (Lipinski definition) is 5. The Morgan fingerprint density at radius 2 is 1.68 bits per heavy atom. The normalized spacial score (nSPS) is 15.7. The molecule has 0 spiro atoms. The fraction of sp³-hybridized carbons (Fsp3) is 0.435. The molecule has 8 heteroatoms. The van der Waals surface area contributed by atoms with Crippen LogP contribution in [0.1, 0.15) is 37.8 Å². The van der Waals surface area contributed by atoms with Crippen LogP contribution >= 0.6 is 11.8 Å². The van der Waals surface area contributed by atoms with Crippen LogP contribution in [-0.4, -0.2) is 51.6 Å². The number of benzene rings is 2. The van der Waals surface area contributed by atoms with Crippen molar-refractivity contribution in [2.75, 3.05) is 37.8 Å². The van der Waals surface area contributed by atoms with Gasteiger partial charge < -0.3 is 10.2 Å². The molecular formula is C23H31N3O3S2. The summed E-state index contributed by atoms with van der Waals surface area (Å²) in [5.74, 6) is -0.334. The quantitative estimate of drug-likeness (QED) is 0.604. The first kappa shape index (κ1) is 23.6. The summed E-state index contributed by atoms with van der Waals surface area (Å²) in [5, 5.41) is 2.91. The number of hydrogen-bond donors (Lipinski definition) is 1. The molecule has 6 nitrogen and oxygen atoms in total. The van der Waals surface area contributed by atoms with Crippen molar-refractivity contribution in [3.05, 3.63) is 54.1 Å². The topological polar surface area (TPSA) is 69.7 Å². The fourth-order valence-electron chi connectivity index (χ4n) is 3.71. The smallest absolute Gasteiger partial charge is 0.243 e. The van der Waals surface area contributed by atoms with Gasteiger partial charge in [-0.25, -0.2) is 8.42 Å². The number of nitrogens with zero attached hydrogens (tertiary/aromatic N) is 2. The van der Waals surface area contributed by atoms with E-state index in [2.05, 4.69) is 22.3 Å². The third-order valence-electron chi connectivity index (χ3n) is 5.63. The van der Waals surface area contributed by atoms with Gasteiger partial charge in [-0.1, -0.05) is 12.1 Å². The third kappa shape index (κ3) is 6.02. The molecule has 1 aliphatic rings. The molecule has 0 bridgehead atoms. The Labute approximate surface area is 190 Å². The van der Waals surface area contributed by atoms with Gasteiger partial charge in [0.2, 0.25) is 15.9 Å². The molecule has 1 amide bonds. The Hall–Kier alpha value is -2.03. The molecule has 2 aromatic carbocycles. The highest BCUT2D eigenvalue weighted by Gasteiger charge is 2.23. The number of amides is 1. The van der Waals surface area contributed by atoms with Crippen molar-refractivity contribution in [1.29, 1.82) is 0 Å². The Balaban J connectivity index is 1.57. The van der Waals surface area contributed by atoms with Gasteiger partial charge in [-0.05, 0) is 74.4 Å². The van der Waals surface area contributed by atoms with E-state index >= 15 is 0 Å². The van der Waals surface area contributed by atoms with Crippen LogP contribution in [0.2, 0.25) is 0 Å². The van der Waals surface area contributed by atoms with Crippen LogP contribution < -0.4 is 10.2 Å². The summed E-state index contributed by atoms with van der Waals surface area (Å²) in [6.45, 7) is 3.85. The number of piperidine rings is 1. The second-order valence-corrected chi connectivity index (χ2v) is 10.8. The van der Waals surface area contributed by atoms with E-state index in [1.807, 2.05) is 25.3 Å². The van der Waals surface area contributed by atoms with Gasteiger partial charge in [-0.3, -0.25) is 4.79 Å². The summed E-state index contributed by atoms with van der Waals surface area (Å²) in [6.07, 6.45) is 5.69. The first-order valence-corrected chi connectivity index (χ1v) is 13.2. The molecule has 0 radical (unpaired) electrons. The van der Waals surface area contributed by atoms with Crippen molar-refractivity contribution in [2.24, 2.45) is 0 Å². The van der Waals surface area contributed by atoms with E-state index in [0.717, 1.165) is 27.9 Å². The minimum atomic E-state index is -3.72. The average Bonchev–Trinajstić information content (AvgIpc) is 2.79. The van der Waals surface area contributed by atoms with Crippen molar-refractivity contribution in [3.63, 3.8) is 0 Å². The zero-order valence-corrected chi connectivity index (χ0v) is 20.0. The van der Waals surface area contributed by atoms with E-state index < -0.39 is 10.0 Å². The predicted molar refractivity (Wildman–Crippen MR) is 127 cm³/mol. The first-order chi connectivity index (χ1) is 14.8. The van der Waals surface area contributed by atoms with Gasteiger partial charge in [0.05, 0.1) is 17.5 Å². The zero-order valence-electron chi connectivity index (χ0n) is 18.4. The maximum Gasteiger partial charge on any atom is 0.243 e. The summed E-state index contributed by atoms with van der Waals surface area (Å²) in [6, 6.07) is 14.7. The van der Waals surface area contributed by atoms with E-state index in [0.29, 0.717) is 0 Å². The van der Waals surface area contributed by atoms with Gasteiger partial charge in [0, 0.05) is 30.7 Å². The second-order valence-electron chi connectivity index (χ2n) is 7.87. The largest absolute Gasteiger partial charge is 0.372 e. The number of rotatable bonds is 8. The zero-order chi connectivity index (χ0) is 22.4.